The van der Waals surface area contributed by atoms with Crippen LogP contribution in [0.5, 0.6) is 0 Å². The van der Waals surface area contributed by atoms with E-state index < -0.39 is 5.97 Å². The first kappa shape index (κ1) is 16.6. The normalized spacial score (nSPS) is 13.7. The Morgan fingerprint density at radius 1 is 1.12 bits per heavy atom. The standard InChI is InChI=1S/C19H25N3O2/c20-14-10-12-15(13-11-14)22-18-8-5-4-6-16(18)17(21-22)7-2-1-3-9-19(23)24/h10-13H,1-9,20H2,(H,23,24). The topological polar surface area (TPSA) is 81.1 Å². The number of carboxylic acid groups (broad SMARTS) is 1. The molecule has 1 aliphatic carbocycles. The number of aliphatic carboxylic acids is 1. The molecule has 0 saturated carbocycles. The maximum atomic E-state index is 10.6. The molecule has 0 bridgehead atoms. The number of carbonyl (C=O) groups is 1. The van der Waals surface area contributed by atoms with Crippen molar-refractivity contribution in [2.75, 3.05) is 5.73 Å². The Kier molecular flexibility index (Phi) is 5.18. The van der Waals surface area contributed by atoms with Crippen molar-refractivity contribution in [3.8, 4) is 5.69 Å². The highest BCUT2D eigenvalue weighted by Crippen LogP contribution is 2.28. The van der Waals surface area contributed by atoms with Gasteiger partial charge in [-0.2, -0.15) is 5.10 Å². The van der Waals surface area contributed by atoms with Gasteiger partial charge in [0.1, 0.15) is 0 Å². The van der Waals surface area contributed by atoms with Gasteiger partial charge in [-0.05, 0) is 74.8 Å². The molecule has 0 unspecified atom stereocenters. The lowest BCUT2D eigenvalue weighted by molar-refractivity contribution is -0.137. The highest BCUT2D eigenvalue weighted by Gasteiger charge is 2.21. The van der Waals surface area contributed by atoms with E-state index in [9.17, 15) is 4.79 Å². The summed E-state index contributed by atoms with van der Waals surface area (Å²) in [5.74, 6) is -0.708. The van der Waals surface area contributed by atoms with Gasteiger partial charge in [0.25, 0.3) is 0 Å². The van der Waals surface area contributed by atoms with Crippen LogP contribution in [0.4, 0.5) is 5.69 Å². The molecular formula is C19H25N3O2. The summed E-state index contributed by atoms with van der Waals surface area (Å²) in [5.41, 5.74) is 11.6. The highest BCUT2D eigenvalue weighted by molar-refractivity contribution is 5.66. The molecular weight excluding hydrogens is 302 g/mol. The Labute approximate surface area is 142 Å². The average molecular weight is 327 g/mol. The van der Waals surface area contributed by atoms with Gasteiger partial charge in [0, 0.05) is 17.8 Å². The van der Waals surface area contributed by atoms with Crippen LogP contribution >= 0.6 is 0 Å². The van der Waals surface area contributed by atoms with Crippen LogP contribution in [0.25, 0.3) is 5.69 Å². The number of fused-ring (bicyclic) bond motifs is 1. The fourth-order valence-corrected chi connectivity index (χ4v) is 3.45. The number of nitrogens with two attached hydrogens (primary N) is 1. The van der Waals surface area contributed by atoms with Crippen molar-refractivity contribution in [3.05, 3.63) is 41.2 Å². The number of benzene rings is 1. The van der Waals surface area contributed by atoms with E-state index in [1.54, 1.807) is 0 Å². The molecule has 0 saturated heterocycles. The monoisotopic (exact) mass is 327 g/mol. The summed E-state index contributed by atoms with van der Waals surface area (Å²) in [6, 6.07) is 7.87. The molecule has 3 N–H and O–H groups in total. The van der Waals surface area contributed by atoms with Gasteiger partial charge in [-0.3, -0.25) is 4.79 Å². The molecule has 0 fully saturated rings. The zero-order valence-corrected chi connectivity index (χ0v) is 14.0. The lowest BCUT2D eigenvalue weighted by Crippen LogP contribution is -2.07. The molecule has 5 nitrogen and oxygen atoms in total. The van der Waals surface area contributed by atoms with E-state index >= 15 is 0 Å². The minimum Gasteiger partial charge on any atom is -0.481 e. The summed E-state index contributed by atoms with van der Waals surface area (Å²) in [6.07, 6.45) is 8.50. The van der Waals surface area contributed by atoms with Gasteiger partial charge in [0.05, 0.1) is 11.4 Å². The van der Waals surface area contributed by atoms with Crippen LogP contribution in [0.2, 0.25) is 0 Å². The molecule has 24 heavy (non-hydrogen) atoms. The number of unbranched alkanes of at least 4 members (excludes halogenated alkanes) is 2. The predicted octanol–water partition coefficient (Wildman–Crippen LogP) is 3.52. The van der Waals surface area contributed by atoms with Crippen LogP contribution in [0.3, 0.4) is 0 Å². The molecule has 5 heteroatoms. The molecule has 0 amide bonds. The number of anilines is 1. The highest BCUT2D eigenvalue weighted by atomic mass is 16.4. The quantitative estimate of drug-likeness (QED) is 0.602. The second-order valence-electron chi connectivity index (χ2n) is 6.54. The van der Waals surface area contributed by atoms with Gasteiger partial charge in [-0.15, -0.1) is 0 Å². The van der Waals surface area contributed by atoms with Crippen molar-refractivity contribution in [3.63, 3.8) is 0 Å². The summed E-state index contributed by atoms with van der Waals surface area (Å²) >= 11 is 0. The van der Waals surface area contributed by atoms with Gasteiger partial charge in [-0.25, -0.2) is 4.68 Å². The number of rotatable bonds is 7. The molecule has 3 rings (SSSR count). The van der Waals surface area contributed by atoms with E-state index in [0.29, 0.717) is 0 Å². The number of hydrogen-bond donors (Lipinski definition) is 2. The van der Waals surface area contributed by atoms with Gasteiger partial charge in [-0.1, -0.05) is 6.42 Å². The smallest absolute Gasteiger partial charge is 0.303 e. The van der Waals surface area contributed by atoms with Crippen molar-refractivity contribution in [1.82, 2.24) is 9.78 Å². The van der Waals surface area contributed by atoms with Crippen LogP contribution in [-0.4, -0.2) is 20.9 Å². The molecule has 1 heterocycles. The number of nitrogens with zero attached hydrogens (tertiary/aromatic N) is 2. The molecule has 0 atom stereocenters. The van der Waals surface area contributed by atoms with Crippen molar-refractivity contribution < 1.29 is 9.90 Å². The largest absolute Gasteiger partial charge is 0.481 e. The summed E-state index contributed by atoms with van der Waals surface area (Å²) in [4.78, 5) is 10.6. The van der Waals surface area contributed by atoms with E-state index in [2.05, 4.69) is 4.68 Å². The summed E-state index contributed by atoms with van der Waals surface area (Å²) in [5, 5.41) is 13.6. The first-order chi connectivity index (χ1) is 11.6. The van der Waals surface area contributed by atoms with Crippen molar-refractivity contribution >= 4 is 11.7 Å². The molecule has 1 aliphatic rings. The molecule has 0 spiro atoms. The molecule has 0 aliphatic heterocycles. The van der Waals surface area contributed by atoms with Crippen molar-refractivity contribution in [2.45, 2.75) is 57.8 Å². The predicted molar refractivity (Wildman–Crippen MR) is 94.4 cm³/mol. The summed E-state index contributed by atoms with van der Waals surface area (Å²) in [7, 11) is 0. The van der Waals surface area contributed by atoms with E-state index in [1.165, 1.54) is 29.8 Å². The zero-order chi connectivity index (χ0) is 16.9. The van der Waals surface area contributed by atoms with E-state index in [-0.39, 0.29) is 6.42 Å². The van der Waals surface area contributed by atoms with Gasteiger partial charge in [0.15, 0.2) is 0 Å². The Bertz CT molecular complexity index is 704. The Balaban J connectivity index is 1.75. The lowest BCUT2D eigenvalue weighted by Gasteiger charge is -2.14. The molecule has 1 aromatic carbocycles. The lowest BCUT2D eigenvalue weighted by atomic mass is 9.94. The SMILES string of the molecule is Nc1ccc(-n2nc(CCCCCC(=O)O)c3c2CCCC3)cc1. The summed E-state index contributed by atoms with van der Waals surface area (Å²) < 4.78 is 2.08. The Morgan fingerprint density at radius 2 is 1.88 bits per heavy atom. The second-order valence-corrected chi connectivity index (χ2v) is 6.54. The fourth-order valence-electron chi connectivity index (χ4n) is 3.45. The van der Waals surface area contributed by atoms with E-state index in [1.807, 2.05) is 24.3 Å². The summed E-state index contributed by atoms with van der Waals surface area (Å²) in [6.45, 7) is 0. The maximum absolute atomic E-state index is 10.6. The minimum atomic E-state index is -0.708. The number of carboxylic acids is 1. The van der Waals surface area contributed by atoms with Crippen LogP contribution in [-0.2, 0) is 24.1 Å². The van der Waals surface area contributed by atoms with Crippen molar-refractivity contribution in [1.29, 1.82) is 0 Å². The first-order valence-electron chi connectivity index (χ1n) is 8.82. The van der Waals surface area contributed by atoms with Crippen LogP contribution in [0, 0.1) is 0 Å². The van der Waals surface area contributed by atoms with E-state index in [0.717, 1.165) is 49.9 Å². The second kappa shape index (κ2) is 7.51. The number of aryl methyl sites for hydroxylation is 1. The van der Waals surface area contributed by atoms with Gasteiger partial charge in [0.2, 0.25) is 0 Å². The first-order valence-corrected chi connectivity index (χ1v) is 8.82. The molecule has 128 valence electrons. The zero-order valence-electron chi connectivity index (χ0n) is 14.0. The van der Waals surface area contributed by atoms with Crippen molar-refractivity contribution in [2.24, 2.45) is 0 Å². The average Bonchev–Trinajstić information content (AvgIpc) is 2.94. The van der Waals surface area contributed by atoms with Gasteiger partial charge >= 0.3 is 5.97 Å². The molecule has 0 radical (unpaired) electrons. The number of nitrogen functional groups attached to an aromatic ring is 1. The third-order valence-corrected chi connectivity index (χ3v) is 4.71. The third-order valence-electron chi connectivity index (χ3n) is 4.71. The van der Waals surface area contributed by atoms with E-state index in [4.69, 9.17) is 15.9 Å². The van der Waals surface area contributed by atoms with Crippen LogP contribution in [0.1, 0.15) is 55.5 Å². The Morgan fingerprint density at radius 3 is 2.62 bits per heavy atom. The van der Waals surface area contributed by atoms with Crippen LogP contribution in [0.15, 0.2) is 24.3 Å². The Hall–Kier alpha value is -2.30. The molecule has 1 aromatic heterocycles. The van der Waals surface area contributed by atoms with Gasteiger partial charge < -0.3 is 10.8 Å². The maximum Gasteiger partial charge on any atom is 0.303 e. The molecule has 2 aromatic rings. The number of hydrogen-bond acceptors (Lipinski definition) is 3. The van der Waals surface area contributed by atoms with Crippen LogP contribution < -0.4 is 5.73 Å². The third kappa shape index (κ3) is 3.78. The number of aromatic nitrogens is 2. The fraction of sp³-hybridized carbons (Fsp3) is 0.474. The minimum absolute atomic E-state index is 0.262.